The Labute approximate surface area is 181 Å². The average Bonchev–Trinajstić information content (AvgIpc) is 3.12. The van der Waals surface area contributed by atoms with Gasteiger partial charge >= 0.3 is 0 Å². The van der Waals surface area contributed by atoms with Gasteiger partial charge in [-0.05, 0) is 55.5 Å². The van der Waals surface area contributed by atoms with Gasteiger partial charge < -0.3 is 9.88 Å². The summed E-state index contributed by atoms with van der Waals surface area (Å²) in [5, 5.41) is 5.92. The predicted molar refractivity (Wildman–Crippen MR) is 117 cm³/mol. The van der Waals surface area contributed by atoms with Gasteiger partial charge in [-0.15, -0.1) is 11.3 Å². The van der Waals surface area contributed by atoms with Crippen LogP contribution in [0.3, 0.4) is 0 Å². The number of halogens is 1. The Morgan fingerprint density at radius 2 is 1.97 bits per heavy atom. The molecule has 1 aliphatic rings. The van der Waals surface area contributed by atoms with Crippen molar-refractivity contribution in [1.82, 2.24) is 9.55 Å². The number of aromatic nitrogens is 2. The molecule has 9 heteroatoms. The second kappa shape index (κ2) is 8.81. The van der Waals surface area contributed by atoms with Crippen LogP contribution in [0, 0.1) is 11.7 Å². The highest BCUT2D eigenvalue weighted by atomic mass is 32.1. The Kier molecular flexibility index (Phi) is 5.94. The first-order valence-corrected chi connectivity index (χ1v) is 10.7. The Morgan fingerprint density at radius 1 is 1.19 bits per heavy atom. The van der Waals surface area contributed by atoms with Crippen molar-refractivity contribution >= 4 is 34.0 Å². The number of nitrogens with one attached hydrogen (secondary N) is 2. The molecule has 1 atom stereocenters. The van der Waals surface area contributed by atoms with E-state index in [0.29, 0.717) is 16.7 Å². The first-order chi connectivity index (χ1) is 14.9. The summed E-state index contributed by atoms with van der Waals surface area (Å²) in [5.74, 6) is -0.663. The SMILES string of the molecule is C[C@H]1CCc2nc(NC(=O)c3ccc(=O)n(CC(=O)Nc4ccc(F)cc4)c3)sc2C1. The number of hydrogen-bond donors (Lipinski definition) is 2. The minimum atomic E-state index is -0.465. The van der Waals surface area contributed by atoms with Crippen LogP contribution in [0.25, 0.3) is 0 Å². The van der Waals surface area contributed by atoms with Gasteiger partial charge in [-0.3, -0.25) is 19.7 Å². The third-order valence-electron chi connectivity index (χ3n) is 5.09. The molecule has 0 saturated carbocycles. The normalized spacial score (nSPS) is 15.2. The summed E-state index contributed by atoms with van der Waals surface area (Å²) in [5.41, 5.74) is 1.29. The molecule has 7 nitrogen and oxygen atoms in total. The standard InChI is InChI=1S/C22H21FN4O3S/c1-13-2-8-17-18(10-13)31-22(25-17)26-21(30)14-3-9-20(29)27(11-14)12-19(28)24-16-6-4-15(23)5-7-16/h3-7,9,11,13H,2,8,10,12H2,1H3,(H,24,28)(H,25,26,30)/t13-/m0/s1. The van der Waals surface area contributed by atoms with Crippen LogP contribution in [0.1, 0.15) is 34.3 Å². The predicted octanol–water partition coefficient (Wildman–Crippen LogP) is 3.46. The Bertz CT molecular complexity index is 1190. The Balaban J connectivity index is 1.44. The number of aryl methyl sites for hydroxylation is 1. The van der Waals surface area contributed by atoms with E-state index in [1.54, 1.807) is 0 Å². The molecule has 0 radical (unpaired) electrons. The summed E-state index contributed by atoms with van der Waals surface area (Å²) in [7, 11) is 0. The van der Waals surface area contributed by atoms with E-state index >= 15 is 0 Å². The van der Waals surface area contributed by atoms with Gasteiger partial charge in [0.2, 0.25) is 5.91 Å². The zero-order valence-corrected chi connectivity index (χ0v) is 17.7. The molecule has 3 aromatic rings. The first kappa shape index (κ1) is 20.9. The molecule has 2 amide bonds. The van der Waals surface area contributed by atoms with E-state index in [4.69, 9.17) is 0 Å². The minimum Gasteiger partial charge on any atom is -0.325 e. The summed E-state index contributed by atoms with van der Waals surface area (Å²) in [6.07, 6.45) is 4.32. The molecular formula is C22H21FN4O3S. The zero-order chi connectivity index (χ0) is 22.0. The molecule has 0 bridgehead atoms. The highest BCUT2D eigenvalue weighted by molar-refractivity contribution is 7.15. The van der Waals surface area contributed by atoms with E-state index in [-0.39, 0.29) is 12.1 Å². The Morgan fingerprint density at radius 3 is 2.74 bits per heavy atom. The number of anilines is 2. The van der Waals surface area contributed by atoms with Crippen LogP contribution in [-0.2, 0) is 24.2 Å². The van der Waals surface area contributed by atoms with Crippen LogP contribution < -0.4 is 16.2 Å². The number of amides is 2. The van der Waals surface area contributed by atoms with Crippen molar-refractivity contribution in [2.45, 2.75) is 32.7 Å². The van der Waals surface area contributed by atoms with Gasteiger partial charge in [-0.25, -0.2) is 9.37 Å². The molecule has 2 N–H and O–H groups in total. The summed E-state index contributed by atoms with van der Waals surface area (Å²) < 4.78 is 14.1. The first-order valence-electron chi connectivity index (χ1n) is 9.93. The monoisotopic (exact) mass is 440 g/mol. The number of rotatable bonds is 5. The molecule has 31 heavy (non-hydrogen) atoms. The highest BCUT2D eigenvalue weighted by Gasteiger charge is 2.21. The lowest BCUT2D eigenvalue weighted by molar-refractivity contribution is -0.116. The van der Waals surface area contributed by atoms with Gasteiger partial charge in [0.25, 0.3) is 11.5 Å². The van der Waals surface area contributed by atoms with E-state index < -0.39 is 23.2 Å². The number of hydrogen-bond acceptors (Lipinski definition) is 5. The zero-order valence-electron chi connectivity index (χ0n) is 16.9. The second-order valence-electron chi connectivity index (χ2n) is 7.63. The lowest BCUT2D eigenvalue weighted by Gasteiger charge is -2.15. The maximum absolute atomic E-state index is 13.0. The molecule has 0 aliphatic heterocycles. The van der Waals surface area contributed by atoms with E-state index in [1.165, 1.54) is 58.8 Å². The molecule has 2 aromatic heterocycles. The summed E-state index contributed by atoms with van der Waals surface area (Å²) >= 11 is 1.48. The average molecular weight is 441 g/mol. The Hall–Kier alpha value is -3.33. The van der Waals surface area contributed by atoms with Crippen molar-refractivity contribution in [1.29, 1.82) is 0 Å². The third-order valence-corrected chi connectivity index (χ3v) is 6.13. The molecule has 0 saturated heterocycles. The number of carbonyl (C=O) groups excluding carboxylic acids is 2. The molecule has 0 unspecified atom stereocenters. The number of nitrogens with zero attached hydrogens (tertiary/aromatic N) is 2. The van der Waals surface area contributed by atoms with Gasteiger partial charge in [0.15, 0.2) is 5.13 Å². The van der Waals surface area contributed by atoms with Gasteiger partial charge in [0.1, 0.15) is 12.4 Å². The molecular weight excluding hydrogens is 419 g/mol. The molecule has 1 aromatic carbocycles. The van der Waals surface area contributed by atoms with Gasteiger partial charge in [0.05, 0.1) is 11.3 Å². The van der Waals surface area contributed by atoms with Crippen molar-refractivity contribution in [3.63, 3.8) is 0 Å². The quantitative estimate of drug-likeness (QED) is 0.636. The summed E-state index contributed by atoms with van der Waals surface area (Å²) in [6, 6.07) is 7.96. The molecule has 0 fully saturated rings. The van der Waals surface area contributed by atoms with Crippen LogP contribution in [0.2, 0.25) is 0 Å². The third kappa shape index (κ3) is 5.05. The van der Waals surface area contributed by atoms with Crippen LogP contribution >= 0.6 is 11.3 Å². The smallest absolute Gasteiger partial charge is 0.258 e. The lowest BCUT2D eigenvalue weighted by Crippen LogP contribution is -2.28. The second-order valence-corrected chi connectivity index (χ2v) is 8.71. The van der Waals surface area contributed by atoms with Crippen LogP contribution in [-0.4, -0.2) is 21.4 Å². The van der Waals surface area contributed by atoms with Gasteiger partial charge in [0, 0.05) is 22.8 Å². The molecule has 4 rings (SSSR count). The van der Waals surface area contributed by atoms with Crippen molar-refractivity contribution in [2.75, 3.05) is 10.6 Å². The van der Waals surface area contributed by atoms with E-state index in [1.807, 2.05) is 0 Å². The van der Waals surface area contributed by atoms with Crippen molar-refractivity contribution < 1.29 is 14.0 Å². The fraction of sp³-hybridized carbons (Fsp3) is 0.273. The fourth-order valence-electron chi connectivity index (χ4n) is 3.44. The van der Waals surface area contributed by atoms with Crippen molar-refractivity contribution in [3.05, 3.63) is 74.9 Å². The lowest BCUT2D eigenvalue weighted by atomic mass is 9.93. The number of fused-ring (bicyclic) bond motifs is 1. The summed E-state index contributed by atoms with van der Waals surface area (Å²) in [4.78, 5) is 42.8. The van der Waals surface area contributed by atoms with Gasteiger partial charge in [-0.1, -0.05) is 6.92 Å². The van der Waals surface area contributed by atoms with E-state index in [9.17, 15) is 18.8 Å². The maximum atomic E-state index is 13.0. The largest absolute Gasteiger partial charge is 0.325 e. The van der Waals surface area contributed by atoms with Gasteiger partial charge in [-0.2, -0.15) is 0 Å². The van der Waals surface area contributed by atoms with Crippen molar-refractivity contribution in [2.24, 2.45) is 5.92 Å². The molecule has 1 aliphatic carbocycles. The molecule has 2 heterocycles. The van der Waals surface area contributed by atoms with E-state index in [0.717, 1.165) is 29.5 Å². The van der Waals surface area contributed by atoms with E-state index in [2.05, 4.69) is 22.5 Å². The number of benzene rings is 1. The van der Waals surface area contributed by atoms with Crippen molar-refractivity contribution in [3.8, 4) is 0 Å². The number of carbonyl (C=O) groups is 2. The summed E-state index contributed by atoms with van der Waals surface area (Å²) in [6.45, 7) is 1.93. The minimum absolute atomic E-state index is 0.246. The number of thiazole rings is 1. The topological polar surface area (TPSA) is 93.1 Å². The maximum Gasteiger partial charge on any atom is 0.258 e. The highest BCUT2D eigenvalue weighted by Crippen LogP contribution is 2.32. The molecule has 160 valence electrons. The van der Waals surface area contributed by atoms with Crippen LogP contribution in [0.5, 0.6) is 0 Å². The van der Waals surface area contributed by atoms with Crippen LogP contribution in [0.15, 0.2) is 47.4 Å². The van der Waals surface area contributed by atoms with Crippen LogP contribution in [0.4, 0.5) is 15.2 Å². The molecule has 0 spiro atoms. The number of pyridine rings is 1. The fourth-order valence-corrected chi connectivity index (χ4v) is 4.61.